The van der Waals surface area contributed by atoms with Crippen molar-refractivity contribution in [2.24, 2.45) is 4.99 Å². The smallest absolute Gasteiger partial charge is 0.394 e. The van der Waals surface area contributed by atoms with E-state index in [9.17, 15) is 0 Å². The van der Waals surface area contributed by atoms with Gasteiger partial charge < -0.3 is 31.1 Å². The van der Waals surface area contributed by atoms with Crippen LogP contribution in [0.5, 0.6) is 0 Å². The predicted molar refractivity (Wildman–Crippen MR) is 111 cm³/mol. The average molecular weight is 425 g/mol. The minimum atomic E-state index is -4.67. The van der Waals surface area contributed by atoms with Crippen molar-refractivity contribution in [2.75, 3.05) is 49.1 Å². The fraction of sp³-hybridized carbons (Fsp3) is 0.562. The second-order valence-electron chi connectivity index (χ2n) is 5.80. The second-order valence-corrected chi connectivity index (χ2v) is 6.70. The number of anilines is 2. The summed E-state index contributed by atoms with van der Waals surface area (Å²) in [5.41, 5.74) is 2.64. The minimum absolute atomic E-state index is 0. The third kappa shape index (κ3) is 7.67. The van der Waals surface area contributed by atoms with Crippen molar-refractivity contribution in [3.05, 3.63) is 24.3 Å². The molecule has 1 aromatic carbocycles. The third-order valence-corrected chi connectivity index (χ3v) is 4.27. The van der Waals surface area contributed by atoms with E-state index in [2.05, 4.69) is 52.8 Å². The maximum absolute atomic E-state index is 8.74. The first-order valence-corrected chi connectivity index (χ1v) is 9.85. The third-order valence-electron chi connectivity index (χ3n) is 4.27. The summed E-state index contributed by atoms with van der Waals surface area (Å²) in [6, 6.07) is 8.69. The number of fused-ring (bicyclic) bond motifs is 3. The summed E-state index contributed by atoms with van der Waals surface area (Å²) in [7, 11) is -4.67. The summed E-state index contributed by atoms with van der Waals surface area (Å²) in [5, 5.41) is 0. The molecule has 3 rings (SSSR count). The molecule has 11 nitrogen and oxygen atoms in total. The van der Waals surface area contributed by atoms with Gasteiger partial charge in [0.05, 0.1) is 11.4 Å². The Bertz CT molecular complexity index is 703. The average Bonchev–Trinajstić information content (AvgIpc) is 2.89. The molecule has 0 amide bonds. The Balaban J connectivity index is 0. The number of aliphatic imine (C=N–C) groups is 1. The maximum Gasteiger partial charge on any atom is 0.394 e. The second kappa shape index (κ2) is 12.6. The van der Waals surface area contributed by atoms with Gasteiger partial charge in [0.25, 0.3) is 0 Å². The standard InChI is InChI=1S/C16H24N4.H2O4S.3H2O/c1-3-18(4-2)12-13-20-15-9-6-5-8-14(15)19-11-7-10-17-16(19)20;1-5(2,3)4;;;/h5-6,8-9H,3-4,7,10-13H2,1-2H3;(H2,1,2,3,4);3*1H2. The number of rotatable bonds is 5. The van der Waals surface area contributed by atoms with Crippen LogP contribution in [0.3, 0.4) is 0 Å². The molecule has 164 valence electrons. The zero-order valence-corrected chi connectivity index (χ0v) is 17.0. The van der Waals surface area contributed by atoms with Crippen LogP contribution < -0.4 is 9.80 Å². The zero-order chi connectivity index (χ0) is 18.4. The van der Waals surface area contributed by atoms with Gasteiger partial charge in [-0.15, -0.1) is 0 Å². The lowest BCUT2D eigenvalue weighted by Crippen LogP contribution is -2.44. The fourth-order valence-corrected chi connectivity index (χ4v) is 3.08. The molecule has 0 aliphatic carbocycles. The van der Waals surface area contributed by atoms with Crippen molar-refractivity contribution >= 4 is 27.7 Å². The molecule has 0 radical (unpaired) electrons. The lowest BCUT2D eigenvalue weighted by molar-refractivity contribution is 0.313. The van der Waals surface area contributed by atoms with Crippen molar-refractivity contribution < 1.29 is 34.0 Å². The number of hydrogen-bond acceptors (Lipinski definition) is 6. The SMILES string of the molecule is CCN(CC)CCN1C2=NCCCN2c2ccccc21.O.O.O.O=S(=O)(O)O. The quantitative estimate of drug-likeness (QED) is 0.583. The Morgan fingerprint density at radius 3 is 2.14 bits per heavy atom. The molecule has 28 heavy (non-hydrogen) atoms. The lowest BCUT2D eigenvalue weighted by Gasteiger charge is -2.28. The number of guanidine groups is 1. The largest absolute Gasteiger partial charge is 0.412 e. The van der Waals surface area contributed by atoms with E-state index in [0.29, 0.717) is 0 Å². The first-order chi connectivity index (χ1) is 11.8. The topological polar surface area (TPSA) is 191 Å². The normalized spacial score (nSPS) is 14.4. The van der Waals surface area contributed by atoms with Crippen molar-refractivity contribution in [3.63, 3.8) is 0 Å². The molecular formula is C16H32N4O7S. The number of para-hydroxylation sites is 2. The molecule has 2 aliphatic rings. The highest BCUT2D eigenvalue weighted by molar-refractivity contribution is 7.79. The van der Waals surface area contributed by atoms with Crippen molar-refractivity contribution in [2.45, 2.75) is 20.3 Å². The molecule has 2 heterocycles. The predicted octanol–water partition coefficient (Wildman–Crippen LogP) is -0.712. The molecule has 0 atom stereocenters. The van der Waals surface area contributed by atoms with Crippen LogP contribution in [0.15, 0.2) is 29.3 Å². The highest BCUT2D eigenvalue weighted by atomic mass is 32.3. The number of likely N-dealkylation sites (N-methyl/N-ethyl adjacent to an activating group) is 1. The Morgan fingerprint density at radius 1 is 1.07 bits per heavy atom. The van der Waals surface area contributed by atoms with E-state index in [-0.39, 0.29) is 16.4 Å². The van der Waals surface area contributed by atoms with Crippen molar-refractivity contribution in [3.8, 4) is 0 Å². The number of nitrogens with zero attached hydrogens (tertiary/aromatic N) is 4. The minimum Gasteiger partial charge on any atom is -0.412 e. The van der Waals surface area contributed by atoms with Gasteiger partial charge in [-0.2, -0.15) is 8.42 Å². The first kappa shape index (κ1) is 28.4. The van der Waals surface area contributed by atoms with E-state index in [1.165, 1.54) is 11.4 Å². The highest BCUT2D eigenvalue weighted by Crippen LogP contribution is 2.37. The van der Waals surface area contributed by atoms with Gasteiger partial charge >= 0.3 is 10.4 Å². The summed E-state index contributed by atoms with van der Waals surface area (Å²) in [4.78, 5) is 12.0. The van der Waals surface area contributed by atoms with Crippen LogP contribution in [-0.2, 0) is 10.4 Å². The summed E-state index contributed by atoms with van der Waals surface area (Å²) in [5.74, 6) is 1.16. The Hall–Kier alpha value is -1.80. The van der Waals surface area contributed by atoms with E-state index < -0.39 is 10.4 Å². The van der Waals surface area contributed by atoms with Crippen LogP contribution in [0.2, 0.25) is 0 Å². The molecule has 1 aromatic rings. The molecule has 0 aromatic heterocycles. The van der Waals surface area contributed by atoms with Crippen LogP contribution >= 0.6 is 0 Å². The van der Waals surface area contributed by atoms with Gasteiger partial charge in [0.1, 0.15) is 0 Å². The van der Waals surface area contributed by atoms with Gasteiger partial charge in [-0.05, 0) is 31.6 Å². The lowest BCUT2D eigenvalue weighted by atomic mass is 10.2. The molecule has 0 saturated heterocycles. The van der Waals surface area contributed by atoms with Gasteiger partial charge in [0.15, 0.2) is 0 Å². The number of hydrogen-bond donors (Lipinski definition) is 2. The van der Waals surface area contributed by atoms with Crippen LogP contribution in [0, 0.1) is 0 Å². The van der Waals surface area contributed by atoms with Gasteiger partial charge in [-0.1, -0.05) is 26.0 Å². The van der Waals surface area contributed by atoms with E-state index >= 15 is 0 Å². The molecule has 0 spiro atoms. The van der Waals surface area contributed by atoms with Crippen LogP contribution in [0.25, 0.3) is 0 Å². The molecule has 8 N–H and O–H groups in total. The van der Waals surface area contributed by atoms with E-state index in [1.54, 1.807) is 0 Å². The van der Waals surface area contributed by atoms with Gasteiger partial charge in [-0.25, -0.2) is 0 Å². The summed E-state index contributed by atoms with van der Waals surface area (Å²) in [6.07, 6.45) is 1.15. The Labute approximate surface area is 165 Å². The van der Waals surface area contributed by atoms with Crippen LogP contribution in [0.1, 0.15) is 20.3 Å². The van der Waals surface area contributed by atoms with Gasteiger partial charge in [-0.3, -0.25) is 14.1 Å². The molecule has 0 bridgehead atoms. The van der Waals surface area contributed by atoms with Crippen LogP contribution in [-0.4, -0.2) is 84.1 Å². The first-order valence-electron chi connectivity index (χ1n) is 8.46. The fourth-order valence-electron chi connectivity index (χ4n) is 3.08. The number of benzene rings is 1. The molecule has 12 heteroatoms. The van der Waals surface area contributed by atoms with Gasteiger partial charge in [0.2, 0.25) is 5.96 Å². The molecular weight excluding hydrogens is 392 g/mol. The maximum atomic E-state index is 8.74. The summed E-state index contributed by atoms with van der Waals surface area (Å²) >= 11 is 0. The Morgan fingerprint density at radius 2 is 1.61 bits per heavy atom. The summed E-state index contributed by atoms with van der Waals surface area (Å²) < 4.78 is 31.6. The van der Waals surface area contributed by atoms with E-state index in [0.717, 1.165) is 51.6 Å². The van der Waals surface area contributed by atoms with E-state index in [4.69, 9.17) is 22.5 Å². The Kier molecular flexibility index (Phi) is 12.8. The molecule has 0 saturated carbocycles. The van der Waals surface area contributed by atoms with Crippen molar-refractivity contribution in [1.82, 2.24) is 4.90 Å². The van der Waals surface area contributed by atoms with E-state index in [1.807, 2.05) is 0 Å². The van der Waals surface area contributed by atoms with Crippen molar-refractivity contribution in [1.29, 1.82) is 0 Å². The molecule has 2 aliphatic heterocycles. The monoisotopic (exact) mass is 424 g/mol. The summed E-state index contributed by atoms with van der Waals surface area (Å²) in [6.45, 7) is 10.9. The zero-order valence-electron chi connectivity index (χ0n) is 16.2. The highest BCUT2D eigenvalue weighted by Gasteiger charge is 2.33. The van der Waals surface area contributed by atoms with Gasteiger partial charge in [0, 0.05) is 26.2 Å². The molecule has 0 unspecified atom stereocenters. The van der Waals surface area contributed by atoms with Crippen LogP contribution in [0.4, 0.5) is 11.4 Å². The molecule has 0 fully saturated rings.